The van der Waals surface area contributed by atoms with Crippen LogP contribution in [0, 0.1) is 5.82 Å². The van der Waals surface area contributed by atoms with Crippen molar-refractivity contribution in [3.05, 3.63) is 60.0 Å². The van der Waals surface area contributed by atoms with E-state index in [2.05, 4.69) is 25.3 Å². The molecule has 2 aromatic carbocycles. The number of para-hydroxylation sites is 2. The van der Waals surface area contributed by atoms with E-state index in [0.717, 1.165) is 24.0 Å². The van der Waals surface area contributed by atoms with Gasteiger partial charge < -0.3 is 20.9 Å². The van der Waals surface area contributed by atoms with Gasteiger partial charge in [0.15, 0.2) is 11.6 Å². The van der Waals surface area contributed by atoms with Crippen molar-refractivity contribution in [1.82, 2.24) is 30.2 Å². The van der Waals surface area contributed by atoms with Gasteiger partial charge in [0.2, 0.25) is 0 Å². The van der Waals surface area contributed by atoms with Crippen LogP contribution in [0.1, 0.15) is 16.8 Å². The van der Waals surface area contributed by atoms with E-state index in [1.807, 2.05) is 24.3 Å². The highest BCUT2D eigenvalue weighted by Gasteiger charge is 2.21. The predicted octanol–water partition coefficient (Wildman–Crippen LogP) is 2.84. The van der Waals surface area contributed by atoms with E-state index in [9.17, 15) is 9.18 Å². The molecular weight excluding hydrogens is 409 g/mol. The average molecular weight is 431 g/mol. The number of carbonyl (C=O) groups is 1. The number of nitrogens with one attached hydrogen (secondary N) is 2. The lowest BCUT2D eigenvalue weighted by Gasteiger charge is -2.20. The summed E-state index contributed by atoms with van der Waals surface area (Å²) in [6.07, 6.45) is 2.33. The van der Waals surface area contributed by atoms with Crippen LogP contribution in [0.4, 0.5) is 10.2 Å². The minimum atomic E-state index is -0.589. The van der Waals surface area contributed by atoms with Gasteiger partial charge in [-0.25, -0.2) is 19.3 Å². The number of carbonyl (C=O) groups excluding carboxylic acids is 1. The third-order valence-corrected chi connectivity index (χ3v) is 5.54. The molecule has 0 spiro atoms. The molecule has 1 fully saturated rings. The van der Waals surface area contributed by atoms with E-state index < -0.39 is 5.82 Å². The fourth-order valence-corrected chi connectivity index (χ4v) is 3.84. The molecule has 162 valence electrons. The van der Waals surface area contributed by atoms with Gasteiger partial charge in [-0.2, -0.15) is 0 Å². The predicted molar refractivity (Wildman–Crippen MR) is 120 cm³/mol. The lowest BCUT2D eigenvalue weighted by Crippen LogP contribution is -2.34. The molecule has 0 aliphatic carbocycles. The van der Waals surface area contributed by atoms with Gasteiger partial charge in [-0.3, -0.25) is 4.79 Å². The quantitative estimate of drug-likeness (QED) is 0.460. The molecule has 3 heterocycles. The normalized spacial score (nSPS) is 14.5. The second-order valence-corrected chi connectivity index (χ2v) is 7.68. The van der Waals surface area contributed by atoms with Crippen molar-refractivity contribution in [3.8, 4) is 22.8 Å². The first-order valence-corrected chi connectivity index (χ1v) is 10.5. The topological polar surface area (TPSA) is 113 Å². The largest absolute Gasteiger partial charge is 0.382 e. The van der Waals surface area contributed by atoms with E-state index in [-0.39, 0.29) is 17.3 Å². The molecule has 0 saturated carbocycles. The third-order valence-electron chi connectivity index (χ3n) is 5.54. The molecule has 1 aliphatic rings. The molecular formula is C23H22FN7O. The monoisotopic (exact) mass is 431 g/mol. The van der Waals surface area contributed by atoms with Crippen molar-refractivity contribution in [3.63, 3.8) is 0 Å². The van der Waals surface area contributed by atoms with Crippen molar-refractivity contribution in [2.75, 3.05) is 31.9 Å². The van der Waals surface area contributed by atoms with Crippen LogP contribution < -0.4 is 11.1 Å². The number of aromatic amines is 1. The Labute approximate surface area is 183 Å². The summed E-state index contributed by atoms with van der Waals surface area (Å²) in [6, 6.07) is 12.1. The number of nitrogen functional groups attached to an aromatic ring is 1. The van der Waals surface area contributed by atoms with Crippen LogP contribution in [0.3, 0.4) is 0 Å². The molecule has 5 rings (SSSR count). The van der Waals surface area contributed by atoms with Crippen LogP contribution >= 0.6 is 0 Å². The molecule has 0 radical (unpaired) electrons. The SMILES string of the molecule is Nc1ncc(-c2ccc(C(=O)N3CCCNCC3)c(F)c2)nc1-c1nc2ccccc2[nH]1. The molecule has 0 bridgehead atoms. The molecule has 4 N–H and O–H groups in total. The van der Waals surface area contributed by atoms with E-state index in [1.165, 1.54) is 18.3 Å². The number of halogens is 1. The fraction of sp³-hybridized carbons (Fsp3) is 0.217. The molecule has 32 heavy (non-hydrogen) atoms. The summed E-state index contributed by atoms with van der Waals surface area (Å²) in [6.45, 7) is 2.73. The van der Waals surface area contributed by atoms with E-state index in [4.69, 9.17) is 5.73 Å². The molecule has 1 amide bonds. The van der Waals surface area contributed by atoms with Crippen molar-refractivity contribution in [1.29, 1.82) is 0 Å². The zero-order valence-corrected chi connectivity index (χ0v) is 17.3. The number of nitrogens with zero attached hydrogens (tertiary/aromatic N) is 4. The van der Waals surface area contributed by atoms with Gasteiger partial charge >= 0.3 is 0 Å². The molecule has 4 aromatic rings. The van der Waals surface area contributed by atoms with E-state index >= 15 is 0 Å². The molecule has 0 atom stereocenters. The number of H-pyrrole nitrogens is 1. The molecule has 0 unspecified atom stereocenters. The first-order chi connectivity index (χ1) is 15.6. The molecule has 1 aliphatic heterocycles. The van der Waals surface area contributed by atoms with Gasteiger partial charge in [0, 0.05) is 25.2 Å². The summed E-state index contributed by atoms with van der Waals surface area (Å²) in [5.41, 5.74) is 9.06. The lowest BCUT2D eigenvalue weighted by molar-refractivity contribution is 0.0761. The number of benzene rings is 2. The average Bonchev–Trinajstić information content (AvgIpc) is 3.04. The first-order valence-electron chi connectivity index (χ1n) is 10.5. The Hall–Kier alpha value is -3.85. The van der Waals surface area contributed by atoms with Crippen molar-refractivity contribution >= 4 is 22.8 Å². The zero-order valence-electron chi connectivity index (χ0n) is 17.3. The number of hydrogen-bond acceptors (Lipinski definition) is 6. The van der Waals surface area contributed by atoms with Gasteiger partial charge in [-0.1, -0.05) is 18.2 Å². The summed E-state index contributed by atoms with van der Waals surface area (Å²) in [7, 11) is 0. The Kier molecular flexibility index (Phi) is 5.24. The van der Waals surface area contributed by atoms with Crippen LogP contribution in [0.5, 0.6) is 0 Å². The van der Waals surface area contributed by atoms with Gasteiger partial charge in [0.1, 0.15) is 11.5 Å². The van der Waals surface area contributed by atoms with Gasteiger partial charge in [-0.05, 0) is 37.2 Å². The summed E-state index contributed by atoms with van der Waals surface area (Å²) >= 11 is 0. The number of aromatic nitrogens is 4. The number of rotatable bonds is 3. The Morgan fingerprint density at radius 1 is 1.09 bits per heavy atom. The smallest absolute Gasteiger partial charge is 0.256 e. The summed E-state index contributed by atoms with van der Waals surface area (Å²) in [4.78, 5) is 31.0. The van der Waals surface area contributed by atoms with E-state index in [0.29, 0.717) is 42.4 Å². The number of hydrogen-bond donors (Lipinski definition) is 3. The molecule has 1 saturated heterocycles. The second-order valence-electron chi connectivity index (χ2n) is 7.68. The number of nitrogens with two attached hydrogens (primary N) is 1. The standard InChI is InChI=1S/C23H22FN7O/c24-16-12-14(6-7-15(16)23(32)31-10-3-8-26-9-11-31)19-13-27-21(25)20(28-19)22-29-17-4-1-2-5-18(17)30-22/h1-2,4-7,12-13,26H,3,8-11H2,(H2,25,27)(H,29,30). The Morgan fingerprint density at radius 2 is 1.97 bits per heavy atom. The maximum atomic E-state index is 14.9. The fourth-order valence-electron chi connectivity index (χ4n) is 3.84. The van der Waals surface area contributed by atoms with Crippen molar-refractivity contribution in [2.24, 2.45) is 0 Å². The van der Waals surface area contributed by atoms with Crippen LogP contribution in [0.25, 0.3) is 33.8 Å². The zero-order chi connectivity index (χ0) is 22.1. The number of anilines is 1. The highest BCUT2D eigenvalue weighted by Crippen LogP contribution is 2.27. The second kappa shape index (κ2) is 8.35. The Morgan fingerprint density at radius 3 is 2.81 bits per heavy atom. The molecule has 9 heteroatoms. The van der Waals surface area contributed by atoms with Gasteiger partial charge in [0.05, 0.1) is 28.5 Å². The summed E-state index contributed by atoms with van der Waals surface area (Å²) in [5, 5.41) is 3.24. The lowest BCUT2D eigenvalue weighted by atomic mass is 10.1. The summed E-state index contributed by atoms with van der Waals surface area (Å²) in [5.74, 6) is -0.187. The number of fused-ring (bicyclic) bond motifs is 1. The highest BCUT2D eigenvalue weighted by atomic mass is 19.1. The minimum Gasteiger partial charge on any atom is -0.382 e. The minimum absolute atomic E-state index is 0.0524. The van der Waals surface area contributed by atoms with Crippen LogP contribution in [0.15, 0.2) is 48.7 Å². The number of imidazole rings is 1. The number of amides is 1. The van der Waals surface area contributed by atoms with Crippen molar-refractivity contribution < 1.29 is 9.18 Å². The first kappa shape index (κ1) is 20.1. The van der Waals surface area contributed by atoms with E-state index in [1.54, 1.807) is 11.0 Å². The van der Waals surface area contributed by atoms with Crippen LogP contribution in [-0.4, -0.2) is 56.9 Å². The Balaban J connectivity index is 1.46. The maximum Gasteiger partial charge on any atom is 0.256 e. The van der Waals surface area contributed by atoms with Gasteiger partial charge in [-0.15, -0.1) is 0 Å². The Bertz CT molecular complexity index is 1260. The molecule has 2 aromatic heterocycles. The summed E-state index contributed by atoms with van der Waals surface area (Å²) < 4.78 is 14.9. The van der Waals surface area contributed by atoms with Gasteiger partial charge in [0.25, 0.3) is 5.91 Å². The highest BCUT2D eigenvalue weighted by molar-refractivity contribution is 5.95. The van der Waals surface area contributed by atoms with Crippen LogP contribution in [0.2, 0.25) is 0 Å². The molecule has 8 nitrogen and oxygen atoms in total. The maximum absolute atomic E-state index is 14.9. The van der Waals surface area contributed by atoms with Crippen molar-refractivity contribution in [2.45, 2.75) is 6.42 Å². The van der Waals surface area contributed by atoms with Crippen LogP contribution in [-0.2, 0) is 0 Å². The third kappa shape index (κ3) is 3.78.